The summed E-state index contributed by atoms with van der Waals surface area (Å²) >= 11 is 0. The number of carbonyl (C=O) groups is 2. The lowest BCUT2D eigenvalue weighted by molar-refractivity contribution is -0.525. The third kappa shape index (κ3) is 8.36. The van der Waals surface area contributed by atoms with E-state index in [0.29, 0.717) is 6.42 Å². The van der Waals surface area contributed by atoms with Crippen LogP contribution in [0.1, 0.15) is 19.8 Å². The zero-order valence-electron chi connectivity index (χ0n) is 11.9. The summed E-state index contributed by atoms with van der Waals surface area (Å²) in [5, 5.41) is 11.7. The number of hydrogen-bond acceptors (Lipinski definition) is 7. The minimum Gasteiger partial charge on any atom is -0.467 e. The highest BCUT2D eigenvalue weighted by Gasteiger charge is 2.22. The predicted molar refractivity (Wildman–Crippen MR) is 73.4 cm³/mol. The van der Waals surface area contributed by atoms with Crippen molar-refractivity contribution in [2.45, 2.75) is 31.8 Å². The first-order valence-electron chi connectivity index (χ1n) is 6.12. The lowest BCUT2D eigenvalue weighted by atomic mass is 10.1. The molecule has 11 heteroatoms. The van der Waals surface area contributed by atoms with Gasteiger partial charge in [0.1, 0.15) is 6.04 Å². The van der Waals surface area contributed by atoms with E-state index >= 15 is 0 Å². The summed E-state index contributed by atoms with van der Waals surface area (Å²) in [5.41, 5.74) is 12.3. The number of guanidine groups is 1. The monoisotopic (exact) mass is 304 g/mol. The number of esters is 1. The number of rotatable bonds is 8. The van der Waals surface area contributed by atoms with E-state index in [2.05, 4.69) is 15.0 Å². The number of hydrazine groups is 1. The van der Waals surface area contributed by atoms with Gasteiger partial charge in [0, 0.05) is 6.54 Å². The first-order valence-corrected chi connectivity index (χ1v) is 6.12. The highest BCUT2D eigenvalue weighted by molar-refractivity contribution is 5.87. The summed E-state index contributed by atoms with van der Waals surface area (Å²) in [6.07, 6.45) is 0.597. The van der Waals surface area contributed by atoms with Crippen LogP contribution in [-0.4, -0.2) is 48.6 Å². The van der Waals surface area contributed by atoms with Crippen molar-refractivity contribution in [1.82, 2.24) is 10.7 Å². The molecule has 0 rings (SSSR count). The van der Waals surface area contributed by atoms with E-state index in [1.54, 1.807) is 5.43 Å². The molecule has 120 valence electrons. The average Bonchev–Trinajstić information content (AvgIpc) is 2.39. The second kappa shape index (κ2) is 9.47. The Kier molecular flexibility index (Phi) is 8.37. The minimum absolute atomic E-state index is 0.147. The molecule has 0 aliphatic rings. The number of nitrogens with two attached hydrogens (primary N) is 2. The van der Waals surface area contributed by atoms with Gasteiger partial charge in [0.15, 0.2) is 5.03 Å². The van der Waals surface area contributed by atoms with Gasteiger partial charge in [0.25, 0.3) is 5.96 Å². The van der Waals surface area contributed by atoms with E-state index in [0.717, 1.165) is 0 Å². The second-order valence-corrected chi connectivity index (χ2v) is 4.15. The number of hydrogen-bond donors (Lipinski definition) is 4. The van der Waals surface area contributed by atoms with Crippen LogP contribution in [0.25, 0.3) is 0 Å². The van der Waals surface area contributed by atoms with Crippen LogP contribution in [0.15, 0.2) is 4.99 Å². The number of carbonyl (C=O) groups excluding carboxylic acids is 2. The maximum atomic E-state index is 11.5. The number of amides is 1. The Hall–Kier alpha value is -2.43. The van der Waals surface area contributed by atoms with E-state index in [1.165, 1.54) is 14.0 Å². The summed E-state index contributed by atoms with van der Waals surface area (Å²) in [7, 11) is 1.20. The Labute approximate surface area is 121 Å². The van der Waals surface area contributed by atoms with Crippen LogP contribution in [-0.2, 0) is 14.3 Å². The molecule has 0 aliphatic heterocycles. The van der Waals surface area contributed by atoms with Gasteiger partial charge in [-0.1, -0.05) is 5.43 Å². The van der Waals surface area contributed by atoms with E-state index in [1.807, 2.05) is 0 Å². The lowest BCUT2D eigenvalue weighted by Gasteiger charge is -2.17. The molecule has 0 aromatic carbocycles. The summed E-state index contributed by atoms with van der Waals surface area (Å²) < 4.78 is 4.57. The molecule has 0 unspecified atom stereocenters. The largest absolute Gasteiger partial charge is 0.467 e. The highest BCUT2D eigenvalue weighted by Crippen LogP contribution is 2.01. The SMILES string of the molecule is COC(=O)[C@H](CCCN=C(N)N[N+](=O)[O-])NC(=O)[C@H](C)N. The summed E-state index contributed by atoms with van der Waals surface area (Å²) in [4.78, 5) is 36.7. The summed E-state index contributed by atoms with van der Waals surface area (Å²) in [6.45, 7) is 1.63. The van der Waals surface area contributed by atoms with Crippen molar-refractivity contribution in [3.05, 3.63) is 10.1 Å². The van der Waals surface area contributed by atoms with Gasteiger partial charge in [-0.25, -0.2) is 19.9 Å². The lowest BCUT2D eigenvalue weighted by Crippen LogP contribution is -2.47. The molecule has 0 saturated carbocycles. The van der Waals surface area contributed by atoms with Gasteiger partial charge in [-0.3, -0.25) is 4.79 Å². The van der Waals surface area contributed by atoms with Crippen LogP contribution in [0.5, 0.6) is 0 Å². The van der Waals surface area contributed by atoms with E-state index in [4.69, 9.17) is 11.5 Å². The number of aliphatic imine (C=N–C) groups is 1. The quantitative estimate of drug-likeness (QED) is 0.0981. The van der Waals surface area contributed by atoms with Crippen LogP contribution in [0, 0.1) is 10.1 Å². The number of nitro groups is 1. The van der Waals surface area contributed by atoms with Crippen LogP contribution in [0.2, 0.25) is 0 Å². The predicted octanol–water partition coefficient (Wildman–Crippen LogP) is -2.13. The van der Waals surface area contributed by atoms with Crippen LogP contribution < -0.4 is 22.2 Å². The fraction of sp³-hybridized carbons (Fsp3) is 0.700. The van der Waals surface area contributed by atoms with E-state index in [9.17, 15) is 19.7 Å². The van der Waals surface area contributed by atoms with Gasteiger partial charge >= 0.3 is 5.97 Å². The van der Waals surface area contributed by atoms with Crippen LogP contribution >= 0.6 is 0 Å². The molecule has 0 bridgehead atoms. The molecule has 0 radical (unpaired) electrons. The molecule has 1 amide bonds. The van der Waals surface area contributed by atoms with Crippen molar-refractivity contribution < 1.29 is 19.4 Å². The Morgan fingerprint density at radius 2 is 2.10 bits per heavy atom. The first kappa shape index (κ1) is 18.6. The Morgan fingerprint density at radius 1 is 1.48 bits per heavy atom. The van der Waals surface area contributed by atoms with Crippen molar-refractivity contribution in [1.29, 1.82) is 0 Å². The van der Waals surface area contributed by atoms with Gasteiger partial charge in [0.2, 0.25) is 5.91 Å². The first-order chi connectivity index (χ1) is 9.77. The standard InChI is InChI=1S/C10H20N6O5/c1-6(11)8(17)14-7(9(18)21-2)4-3-5-13-10(12)15-16(19)20/h6-7H,3-5,11H2,1-2H3,(H,14,17)(H3,12,13,15)/t6-,7-/m0/s1. The molecule has 0 fully saturated rings. The topological polar surface area (TPSA) is 175 Å². The fourth-order valence-corrected chi connectivity index (χ4v) is 1.32. The van der Waals surface area contributed by atoms with Crippen molar-refractivity contribution in [2.75, 3.05) is 13.7 Å². The molecule has 0 aromatic rings. The van der Waals surface area contributed by atoms with Gasteiger partial charge in [-0.2, -0.15) is 0 Å². The van der Waals surface area contributed by atoms with Crippen molar-refractivity contribution in [3.63, 3.8) is 0 Å². The Bertz CT molecular complexity index is 411. The molecule has 0 saturated heterocycles. The molecule has 0 spiro atoms. The van der Waals surface area contributed by atoms with Crippen molar-refractivity contribution in [2.24, 2.45) is 16.5 Å². The van der Waals surface area contributed by atoms with E-state index in [-0.39, 0.29) is 18.9 Å². The van der Waals surface area contributed by atoms with Gasteiger partial charge < -0.3 is 21.5 Å². The van der Waals surface area contributed by atoms with E-state index < -0.39 is 29.0 Å². The normalized spacial score (nSPS) is 14.0. The maximum Gasteiger partial charge on any atom is 0.328 e. The minimum atomic E-state index is -0.853. The van der Waals surface area contributed by atoms with Gasteiger partial charge in [-0.15, -0.1) is 0 Å². The Balaban J connectivity index is 4.34. The zero-order valence-corrected chi connectivity index (χ0v) is 11.9. The second-order valence-electron chi connectivity index (χ2n) is 4.15. The smallest absolute Gasteiger partial charge is 0.328 e. The Morgan fingerprint density at radius 3 is 2.57 bits per heavy atom. The number of ether oxygens (including phenoxy) is 1. The molecular formula is C10H20N6O5. The molecule has 2 atom stereocenters. The number of methoxy groups -OCH3 is 1. The van der Waals surface area contributed by atoms with Crippen LogP contribution in [0.3, 0.4) is 0 Å². The summed E-state index contributed by atoms with van der Waals surface area (Å²) in [5.74, 6) is -1.43. The van der Waals surface area contributed by atoms with Gasteiger partial charge in [-0.05, 0) is 19.8 Å². The third-order valence-electron chi connectivity index (χ3n) is 2.35. The van der Waals surface area contributed by atoms with Crippen molar-refractivity contribution in [3.8, 4) is 0 Å². The average molecular weight is 304 g/mol. The highest BCUT2D eigenvalue weighted by atomic mass is 16.7. The van der Waals surface area contributed by atoms with Crippen molar-refractivity contribution >= 4 is 17.8 Å². The van der Waals surface area contributed by atoms with Crippen LogP contribution in [0.4, 0.5) is 0 Å². The number of nitrogens with one attached hydrogen (secondary N) is 2. The molecule has 0 aromatic heterocycles. The number of nitrogens with zero attached hydrogens (tertiary/aromatic N) is 2. The molecule has 21 heavy (non-hydrogen) atoms. The zero-order chi connectivity index (χ0) is 16.4. The summed E-state index contributed by atoms with van der Waals surface area (Å²) in [6, 6.07) is -1.61. The molecule has 0 heterocycles. The van der Waals surface area contributed by atoms with Gasteiger partial charge in [0.05, 0.1) is 13.2 Å². The fourth-order valence-electron chi connectivity index (χ4n) is 1.32. The molecule has 0 aliphatic carbocycles. The molecule has 6 N–H and O–H groups in total. The maximum absolute atomic E-state index is 11.5. The third-order valence-corrected chi connectivity index (χ3v) is 2.35. The molecular weight excluding hydrogens is 284 g/mol. The molecule has 11 nitrogen and oxygen atoms in total.